The third-order valence-electron chi connectivity index (χ3n) is 2.77. The molecule has 0 fully saturated rings. The number of halogens is 1. The Labute approximate surface area is 109 Å². The lowest BCUT2D eigenvalue weighted by molar-refractivity contribution is 0.593. The number of rotatable bonds is 7. The highest BCUT2D eigenvalue weighted by Crippen LogP contribution is 2.20. The summed E-state index contributed by atoms with van der Waals surface area (Å²) < 4.78 is 0. The molecule has 0 saturated heterocycles. The lowest BCUT2D eigenvalue weighted by Gasteiger charge is -2.15. The summed E-state index contributed by atoms with van der Waals surface area (Å²) in [7, 11) is 0. The van der Waals surface area contributed by atoms with E-state index in [-0.39, 0.29) is 0 Å². The molecule has 1 aromatic heterocycles. The fourth-order valence-corrected chi connectivity index (χ4v) is 1.89. The minimum atomic E-state index is 0.375. The summed E-state index contributed by atoms with van der Waals surface area (Å²) in [6.45, 7) is 4.37. The second-order valence-corrected chi connectivity index (χ2v) is 4.85. The van der Waals surface area contributed by atoms with E-state index in [1.807, 2.05) is 0 Å². The van der Waals surface area contributed by atoms with E-state index >= 15 is 0 Å². The third kappa shape index (κ3) is 5.26. The second-order valence-electron chi connectivity index (χ2n) is 4.47. The zero-order valence-electron chi connectivity index (χ0n) is 10.7. The van der Waals surface area contributed by atoms with Crippen LogP contribution in [0.15, 0.2) is 12.1 Å². The van der Waals surface area contributed by atoms with Gasteiger partial charge in [0.15, 0.2) is 5.82 Å². The molecule has 1 unspecified atom stereocenters. The first kappa shape index (κ1) is 14.1. The summed E-state index contributed by atoms with van der Waals surface area (Å²) in [5, 5.41) is 3.78. The van der Waals surface area contributed by atoms with E-state index in [1.165, 1.54) is 25.7 Å². The summed E-state index contributed by atoms with van der Waals surface area (Å²) in [4.78, 5) is 4.19. The van der Waals surface area contributed by atoms with Gasteiger partial charge in [0.2, 0.25) is 0 Å². The van der Waals surface area contributed by atoms with Crippen LogP contribution in [0, 0.1) is 0 Å². The van der Waals surface area contributed by atoms with Gasteiger partial charge in [0.1, 0.15) is 5.15 Å². The molecule has 1 aromatic rings. The Morgan fingerprint density at radius 1 is 1.35 bits per heavy atom. The highest BCUT2D eigenvalue weighted by molar-refractivity contribution is 6.29. The predicted molar refractivity (Wildman–Crippen MR) is 75.5 cm³/mol. The number of aromatic nitrogens is 1. The van der Waals surface area contributed by atoms with Gasteiger partial charge in [-0.2, -0.15) is 0 Å². The van der Waals surface area contributed by atoms with Crippen LogP contribution in [0.3, 0.4) is 0 Å². The normalized spacial score (nSPS) is 12.4. The monoisotopic (exact) mass is 255 g/mol. The van der Waals surface area contributed by atoms with Gasteiger partial charge < -0.3 is 11.1 Å². The van der Waals surface area contributed by atoms with Crippen molar-refractivity contribution in [2.75, 3.05) is 11.1 Å². The van der Waals surface area contributed by atoms with Crippen LogP contribution in [0.4, 0.5) is 11.5 Å². The van der Waals surface area contributed by atoms with Crippen LogP contribution in [-0.2, 0) is 0 Å². The summed E-state index contributed by atoms with van der Waals surface area (Å²) in [5.41, 5.74) is 6.48. The van der Waals surface area contributed by atoms with Crippen LogP contribution in [0.2, 0.25) is 5.15 Å². The molecular formula is C13H22ClN3. The first-order chi connectivity index (χ1) is 8.13. The molecule has 0 radical (unpaired) electrons. The van der Waals surface area contributed by atoms with Crippen molar-refractivity contribution in [2.24, 2.45) is 0 Å². The molecule has 0 aliphatic heterocycles. The Hall–Kier alpha value is -0.960. The van der Waals surface area contributed by atoms with Crippen molar-refractivity contribution in [2.45, 2.75) is 52.0 Å². The number of nitrogens with one attached hydrogen (secondary N) is 1. The van der Waals surface area contributed by atoms with Crippen LogP contribution < -0.4 is 11.1 Å². The minimum absolute atomic E-state index is 0.375. The number of unbranched alkanes of at least 4 members (excludes halogenated alkanes) is 3. The molecule has 0 aromatic carbocycles. The number of nitrogens with zero attached hydrogens (tertiary/aromatic N) is 1. The summed E-state index contributed by atoms with van der Waals surface area (Å²) >= 11 is 5.84. The maximum absolute atomic E-state index is 5.84. The van der Waals surface area contributed by atoms with Crippen molar-refractivity contribution >= 4 is 23.1 Å². The molecule has 1 rings (SSSR count). The summed E-state index contributed by atoms with van der Waals surface area (Å²) in [6.07, 6.45) is 6.24. The fraction of sp³-hybridized carbons (Fsp3) is 0.615. The predicted octanol–water partition coefficient (Wildman–Crippen LogP) is 4.09. The molecule has 1 heterocycles. The van der Waals surface area contributed by atoms with Gasteiger partial charge in [-0.25, -0.2) is 4.98 Å². The number of nitrogens with two attached hydrogens (primary N) is 1. The van der Waals surface area contributed by atoms with Crippen LogP contribution in [0.1, 0.15) is 46.0 Å². The number of hydrogen-bond donors (Lipinski definition) is 2. The molecule has 1 atom stereocenters. The second kappa shape index (κ2) is 7.38. The van der Waals surface area contributed by atoms with Gasteiger partial charge in [-0.1, -0.05) is 44.2 Å². The highest BCUT2D eigenvalue weighted by Gasteiger charge is 2.06. The van der Waals surface area contributed by atoms with E-state index in [9.17, 15) is 0 Å². The molecule has 17 heavy (non-hydrogen) atoms. The standard InChI is InChI=1S/C13H22ClN3/c1-3-4-5-6-7-10(2)16-13-11(15)8-9-12(14)17-13/h8-10H,3-7,15H2,1-2H3,(H,16,17). The van der Waals surface area contributed by atoms with E-state index in [1.54, 1.807) is 12.1 Å². The summed E-state index contributed by atoms with van der Waals surface area (Å²) in [6, 6.07) is 3.86. The van der Waals surface area contributed by atoms with Gasteiger partial charge in [-0.05, 0) is 25.5 Å². The van der Waals surface area contributed by atoms with Crippen molar-refractivity contribution in [3.63, 3.8) is 0 Å². The van der Waals surface area contributed by atoms with Gasteiger partial charge in [0, 0.05) is 6.04 Å². The lowest BCUT2D eigenvalue weighted by atomic mass is 10.1. The van der Waals surface area contributed by atoms with E-state index in [0.717, 1.165) is 6.42 Å². The van der Waals surface area contributed by atoms with Crippen molar-refractivity contribution in [1.82, 2.24) is 4.98 Å². The van der Waals surface area contributed by atoms with Gasteiger partial charge in [-0.15, -0.1) is 0 Å². The first-order valence-electron chi connectivity index (χ1n) is 6.32. The van der Waals surface area contributed by atoms with Gasteiger partial charge in [0.25, 0.3) is 0 Å². The Morgan fingerprint density at radius 2 is 2.12 bits per heavy atom. The summed E-state index contributed by atoms with van der Waals surface area (Å²) in [5.74, 6) is 0.695. The van der Waals surface area contributed by atoms with Crippen LogP contribution in [0.5, 0.6) is 0 Å². The largest absolute Gasteiger partial charge is 0.396 e. The van der Waals surface area contributed by atoms with Crippen molar-refractivity contribution in [3.8, 4) is 0 Å². The quantitative estimate of drug-likeness (QED) is 0.570. The molecule has 3 N–H and O–H groups in total. The molecule has 0 saturated carbocycles. The molecular weight excluding hydrogens is 234 g/mol. The number of pyridine rings is 1. The number of anilines is 2. The molecule has 0 aliphatic rings. The van der Waals surface area contributed by atoms with Gasteiger partial charge >= 0.3 is 0 Å². The highest BCUT2D eigenvalue weighted by atomic mass is 35.5. The molecule has 0 spiro atoms. The smallest absolute Gasteiger partial charge is 0.151 e. The average Bonchev–Trinajstić information content (AvgIpc) is 2.29. The van der Waals surface area contributed by atoms with Crippen molar-refractivity contribution < 1.29 is 0 Å². The SMILES string of the molecule is CCCCCCC(C)Nc1nc(Cl)ccc1N. The molecule has 4 heteroatoms. The topological polar surface area (TPSA) is 50.9 Å². The molecule has 96 valence electrons. The van der Waals surface area contributed by atoms with Crippen molar-refractivity contribution in [3.05, 3.63) is 17.3 Å². The van der Waals surface area contributed by atoms with Gasteiger partial charge in [0.05, 0.1) is 5.69 Å². The van der Waals surface area contributed by atoms with Crippen LogP contribution in [0.25, 0.3) is 0 Å². The fourth-order valence-electron chi connectivity index (χ4n) is 1.74. The van der Waals surface area contributed by atoms with E-state index in [4.69, 9.17) is 17.3 Å². The van der Waals surface area contributed by atoms with E-state index < -0.39 is 0 Å². The Morgan fingerprint density at radius 3 is 2.82 bits per heavy atom. The molecule has 0 aliphatic carbocycles. The zero-order valence-corrected chi connectivity index (χ0v) is 11.4. The Balaban J connectivity index is 2.39. The Bertz CT molecular complexity index is 341. The number of hydrogen-bond acceptors (Lipinski definition) is 3. The van der Waals surface area contributed by atoms with E-state index in [0.29, 0.717) is 22.7 Å². The molecule has 0 bridgehead atoms. The maximum Gasteiger partial charge on any atom is 0.151 e. The molecule has 0 amide bonds. The lowest BCUT2D eigenvalue weighted by Crippen LogP contribution is -2.17. The first-order valence-corrected chi connectivity index (χ1v) is 6.69. The average molecular weight is 256 g/mol. The van der Waals surface area contributed by atoms with Crippen LogP contribution >= 0.6 is 11.6 Å². The number of nitrogen functional groups attached to an aromatic ring is 1. The van der Waals surface area contributed by atoms with Crippen LogP contribution in [-0.4, -0.2) is 11.0 Å². The van der Waals surface area contributed by atoms with Gasteiger partial charge in [-0.3, -0.25) is 0 Å². The van der Waals surface area contributed by atoms with E-state index in [2.05, 4.69) is 24.1 Å². The minimum Gasteiger partial charge on any atom is -0.396 e. The zero-order chi connectivity index (χ0) is 12.7. The van der Waals surface area contributed by atoms with Crippen molar-refractivity contribution in [1.29, 1.82) is 0 Å². The maximum atomic E-state index is 5.84. The Kier molecular flexibility index (Phi) is 6.12. The third-order valence-corrected chi connectivity index (χ3v) is 2.98. The molecule has 3 nitrogen and oxygen atoms in total.